The number of hydrogen-bond donors (Lipinski definition) is 0. The lowest BCUT2D eigenvalue weighted by Crippen LogP contribution is -2.24. The van der Waals surface area contributed by atoms with Crippen LogP contribution >= 0.6 is 0 Å². The highest BCUT2D eigenvalue weighted by atomic mass is 16.5. The normalized spacial score (nSPS) is 11.1. The molecular weight excluding hydrogens is 234 g/mol. The van der Waals surface area contributed by atoms with Crippen molar-refractivity contribution >= 4 is 0 Å². The SMILES string of the molecule is CCCCC(C#N)(CCCC)c1ccc(OC)cc1. The van der Waals surface area contributed by atoms with E-state index in [1.54, 1.807) is 7.11 Å². The molecule has 0 unspecified atom stereocenters. The summed E-state index contributed by atoms with van der Waals surface area (Å²) in [5.41, 5.74) is 0.816. The van der Waals surface area contributed by atoms with Crippen molar-refractivity contribution in [1.82, 2.24) is 0 Å². The lowest BCUT2D eigenvalue weighted by Gasteiger charge is -2.27. The van der Waals surface area contributed by atoms with Gasteiger partial charge in [0.05, 0.1) is 18.6 Å². The molecule has 0 aliphatic heterocycles. The molecule has 1 aromatic rings. The summed E-state index contributed by atoms with van der Waals surface area (Å²) in [6.07, 6.45) is 6.36. The van der Waals surface area contributed by atoms with Crippen molar-refractivity contribution in [3.05, 3.63) is 29.8 Å². The van der Waals surface area contributed by atoms with Crippen LogP contribution in [-0.2, 0) is 5.41 Å². The Kier molecular flexibility index (Phi) is 6.42. The molecule has 0 saturated carbocycles. The van der Waals surface area contributed by atoms with Crippen LogP contribution in [-0.4, -0.2) is 7.11 Å². The third kappa shape index (κ3) is 3.99. The van der Waals surface area contributed by atoms with Gasteiger partial charge < -0.3 is 4.74 Å². The summed E-state index contributed by atoms with van der Waals surface area (Å²) >= 11 is 0. The molecule has 1 aromatic carbocycles. The molecule has 0 spiro atoms. The Morgan fingerprint density at radius 3 is 1.95 bits per heavy atom. The van der Waals surface area contributed by atoms with Gasteiger partial charge in [0.1, 0.15) is 5.75 Å². The molecule has 0 aliphatic rings. The Morgan fingerprint density at radius 2 is 1.58 bits per heavy atom. The molecule has 0 aromatic heterocycles. The van der Waals surface area contributed by atoms with E-state index in [4.69, 9.17) is 4.74 Å². The third-order valence-electron chi connectivity index (χ3n) is 3.77. The largest absolute Gasteiger partial charge is 0.497 e. The van der Waals surface area contributed by atoms with Gasteiger partial charge in [-0.15, -0.1) is 0 Å². The number of ether oxygens (including phenoxy) is 1. The minimum atomic E-state index is -0.321. The highest BCUT2D eigenvalue weighted by Crippen LogP contribution is 2.35. The number of nitrogens with zero attached hydrogens (tertiary/aromatic N) is 1. The zero-order valence-corrected chi connectivity index (χ0v) is 12.4. The number of benzene rings is 1. The fraction of sp³-hybridized carbons (Fsp3) is 0.588. The van der Waals surface area contributed by atoms with E-state index in [0.29, 0.717) is 0 Å². The molecule has 0 fully saturated rings. The number of nitriles is 1. The molecule has 19 heavy (non-hydrogen) atoms. The Morgan fingerprint density at radius 1 is 1.05 bits per heavy atom. The fourth-order valence-corrected chi connectivity index (χ4v) is 2.46. The monoisotopic (exact) mass is 259 g/mol. The van der Waals surface area contributed by atoms with Crippen molar-refractivity contribution in [3.8, 4) is 11.8 Å². The molecule has 2 heteroatoms. The standard InChI is InChI=1S/C17H25NO/c1-4-6-12-17(14-18,13-7-5-2)15-8-10-16(19-3)11-9-15/h8-11H,4-7,12-13H2,1-3H3. The first kappa shape index (κ1) is 15.6. The smallest absolute Gasteiger partial charge is 0.118 e. The van der Waals surface area contributed by atoms with Crippen molar-refractivity contribution < 1.29 is 4.74 Å². The van der Waals surface area contributed by atoms with Crippen LogP contribution in [0.5, 0.6) is 5.75 Å². The molecule has 1 rings (SSSR count). The van der Waals surface area contributed by atoms with E-state index in [9.17, 15) is 5.26 Å². The molecular formula is C17H25NO. The van der Waals surface area contributed by atoms with Crippen molar-refractivity contribution in [3.63, 3.8) is 0 Å². The second-order valence-corrected chi connectivity index (χ2v) is 5.13. The molecule has 0 bridgehead atoms. The Hall–Kier alpha value is -1.49. The van der Waals surface area contributed by atoms with Gasteiger partial charge in [-0.2, -0.15) is 5.26 Å². The summed E-state index contributed by atoms with van der Waals surface area (Å²) in [4.78, 5) is 0. The lowest BCUT2D eigenvalue weighted by atomic mass is 9.74. The Bertz CT molecular complexity index is 394. The summed E-state index contributed by atoms with van der Waals surface area (Å²) < 4.78 is 5.19. The maximum absolute atomic E-state index is 9.73. The minimum Gasteiger partial charge on any atom is -0.497 e. The number of unbranched alkanes of at least 4 members (excludes halogenated alkanes) is 2. The highest BCUT2D eigenvalue weighted by molar-refractivity contribution is 5.36. The number of methoxy groups -OCH3 is 1. The molecule has 0 saturated heterocycles. The van der Waals surface area contributed by atoms with Crippen molar-refractivity contribution in [2.75, 3.05) is 7.11 Å². The fourth-order valence-electron chi connectivity index (χ4n) is 2.46. The average molecular weight is 259 g/mol. The second-order valence-electron chi connectivity index (χ2n) is 5.13. The van der Waals surface area contributed by atoms with Gasteiger partial charge in [0.2, 0.25) is 0 Å². The van der Waals surface area contributed by atoms with E-state index in [2.05, 4.69) is 19.9 Å². The molecule has 0 radical (unpaired) electrons. The van der Waals surface area contributed by atoms with Crippen molar-refractivity contribution in [1.29, 1.82) is 5.26 Å². The van der Waals surface area contributed by atoms with Crippen LogP contribution in [0.25, 0.3) is 0 Å². The van der Waals surface area contributed by atoms with Gasteiger partial charge in [-0.3, -0.25) is 0 Å². The minimum absolute atomic E-state index is 0.321. The molecule has 2 nitrogen and oxygen atoms in total. The predicted octanol–water partition coefficient (Wildman–Crippen LogP) is 4.84. The highest BCUT2D eigenvalue weighted by Gasteiger charge is 2.30. The topological polar surface area (TPSA) is 33.0 Å². The van der Waals surface area contributed by atoms with Gasteiger partial charge in [0.25, 0.3) is 0 Å². The summed E-state index contributed by atoms with van der Waals surface area (Å²) in [5, 5.41) is 9.73. The van der Waals surface area contributed by atoms with Gasteiger partial charge >= 0.3 is 0 Å². The Balaban J connectivity index is 3.01. The van der Waals surface area contributed by atoms with Crippen LogP contribution in [0.3, 0.4) is 0 Å². The molecule has 0 N–H and O–H groups in total. The first-order chi connectivity index (χ1) is 9.22. The number of hydrogen-bond acceptors (Lipinski definition) is 2. The van der Waals surface area contributed by atoms with E-state index in [0.717, 1.165) is 49.8 Å². The van der Waals surface area contributed by atoms with Crippen LogP contribution in [0, 0.1) is 11.3 Å². The van der Waals surface area contributed by atoms with E-state index in [1.165, 1.54) is 0 Å². The van der Waals surface area contributed by atoms with Gasteiger partial charge in [-0.05, 0) is 30.5 Å². The van der Waals surface area contributed by atoms with Crippen LogP contribution in [0.4, 0.5) is 0 Å². The Labute approximate surface area is 117 Å². The van der Waals surface area contributed by atoms with E-state index < -0.39 is 0 Å². The first-order valence-electron chi connectivity index (χ1n) is 7.28. The predicted molar refractivity (Wildman–Crippen MR) is 79.3 cm³/mol. The van der Waals surface area contributed by atoms with E-state index >= 15 is 0 Å². The van der Waals surface area contributed by atoms with Gasteiger partial charge in [0.15, 0.2) is 0 Å². The summed E-state index contributed by atoms with van der Waals surface area (Å²) in [5.74, 6) is 0.849. The summed E-state index contributed by atoms with van der Waals surface area (Å²) in [6, 6.07) is 10.6. The summed E-state index contributed by atoms with van der Waals surface area (Å²) in [6.45, 7) is 4.35. The molecule has 0 aliphatic carbocycles. The van der Waals surface area contributed by atoms with Crippen LogP contribution in [0.1, 0.15) is 57.9 Å². The first-order valence-corrected chi connectivity index (χ1v) is 7.28. The molecule has 0 atom stereocenters. The second kappa shape index (κ2) is 7.84. The van der Waals surface area contributed by atoms with Crippen molar-refractivity contribution in [2.24, 2.45) is 0 Å². The van der Waals surface area contributed by atoms with Gasteiger partial charge in [-0.1, -0.05) is 51.7 Å². The number of rotatable bonds is 8. The van der Waals surface area contributed by atoms with Crippen molar-refractivity contribution in [2.45, 2.75) is 57.8 Å². The zero-order chi connectivity index (χ0) is 14.1. The quantitative estimate of drug-likeness (QED) is 0.669. The molecule has 0 heterocycles. The van der Waals surface area contributed by atoms with E-state index in [-0.39, 0.29) is 5.41 Å². The van der Waals surface area contributed by atoms with E-state index in [1.807, 2.05) is 24.3 Å². The summed E-state index contributed by atoms with van der Waals surface area (Å²) in [7, 11) is 1.67. The van der Waals surface area contributed by atoms with Crippen LogP contribution in [0.15, 0.2) is 24.3 Å². The van der Waals surface area contributed by atoms with Crippen LogP contribution in [0.2, 0.25) is 0 Å². The molecule has 104 valence electrons. The maximum atomic E-state index is 9.73. The van der Waals surface area contributed by atoms with Gasteiger partial charge in [-0.25, -0.2) is 0 Å². The maximum Gasteiger partial charge on any atom is 0.118 e. The average Bonchev–Trinajstić information content (AvgIpc) is 2.48. The lowest BCUT2D eigenvalue weighted by molar-refractivity contribution is 0.411. The third-order valence-corrected chi connectivity index (χ3v) is 3.77. The molecule has 0 amide bonds. The van der Waals surface area contributed by atoms with Crippen LogP contribution < -0.4 is 4.74 Å². The zero-order valence-electron chi connectivity index (χ0n) is 12.4. The van der Waals surface area contributed by atoms with Gasteiger partial charge in [0, 0.05) is 0 Å².